The lowest BCUT2D eigenvalue weighted by Crippen LogP contribution is -2.26. The Bertz CT molecular complexity index is 958. The number of pyridine rings is 1. The van der Waals surface area contributed by atoms with Gasteiger partial charge in [-0.05, 0) is 47.6 Å². The molecule has 1 aromatic heterocycles. The number of aromatic nitrogens is 1. The number of hydrogen-bond acceptors (Lipinski definition) is 3. The number of aryl methyl sites for hydroxylation is 2. The normalized spacial score (nSPS) is 12.6. The molecular formula is C20H28N2O3S. The number of nitrogens with zero attached hydrogens (tertiary/aromatic N) is 2. The molecule has 0 saturated heterocycles. The summed E-state index contributed by atoms with van der Waals surface area (Å²) in [4.78, 5) is 12.4. The SMILES string of the molecule is Cc1cc(C(C)(C)C)cc(C)c1Cn1cc(S(=O)(=O)N(C)C)ccc1=O. The van der Waals surface area contributed by atoms with Crippen molar-refractivity contribution >= 4 is 10.0 Å². The van der Waals surface area contributed by atoms with E-state index in [4.69, 9.17) is 0 Å². The molecule has 1 aromatic carbocycles. The Kier molecular flexibility index (Phi) is 5.49. The summed E-state index contributed by atoms with van der Waals surface area (Å²) in [7, 11) is -0.628. The molecule has 6 heteroatoms. The Morgan fingerprint density at radius 3 is 2.04 bits per heavy atom. The summed E-state index contributed by atoms with van der Waals surface area (Å²) in [5.74, 6) is 0. The fraction of sp³-hybridized carbons (Fsp3) is 0.450. The summed E-state index contributed by atoms with van der Waals surface area (Å²) in [6.45, 7) is 10.9. The fourth-order valence-electron chi connectivity index (χ4n) is 2.84. The lowest BCUT2D eigenvalue weighted by atomic mass is 9.84. The smallest absolute Gasteiger partial charge is 0.250 e. The van der Waals surface area contributed by atoms with Gasteiger partial charge in [0.2, 0.25) is 10.0 Å². The van der Waals surface area contributed by atoms with Crippen LogP contribution in [0.1, 0.15) is 43.0 Å². The van der Waals surface area contributed by atoms with Gasteiger partial charge in [-0.25, -0.2) is 12.7 Å². The van der Waals surface area contributed by atoms with Crippen molar-refractivity contribution in [2.75, 3.05) is 14.1 Å². The lowest BCUT2D eigenvalue weighted by Gasteiger charge is -2.23. The van der Waals surface area contributed by atoms with Crippen LogP contribution in [0.3, 0.4) is 0 Å². The second-order valence-electron chi connectivity index (χ2n) is 7.96. The molecule has 2 aromatic rings. The highest BCUT2D eigenvalue weighted by Crippen LogP contribution is 2.27. The molecule has 0 aliphatic rings. The summed E-state index contributed by atoms with van der Waals surface area (Å²) in [6.07, 6.45) is 1.42. The van der Waals surface area contributed by atoms with Crippen LogP contribution in [0.15, 0.2) is 40.2 Å². The molecule has 5 nitrogen and oxygen atoms in total. The van der Waals surface area contributed by atoms with Crippen LogP contribution in [0.25, 0.3) is 0 Å². The molecule has 0 N–H and O–H groups in total. The highest BCUT2D eigenvalue weighted by Gasteiger charge is 2.19. The molecule has 26 heavy (non-hydrogen) atoms. The maximum Gasteiger partial charge on any atom is 0.250 e. The number of hydrogen-bond donors (Lipinski definition) is 0. The molecule has 0 saturated carbocycles. The van der Waals surface area contributed by atoms with Crippen LogP contribution in [0.2, 0.25) is 0 Å². The fourth-order valence-corrected chi connectivity index (χ4v) is 3.76. The molecule has 0 aliphatic heterocycles. The first-order valence-electron chi connectivity index (χ1n) is 8.57. The van der Waals surface area contributed by atoms with Crippen molar-refractivity contribution in [1.29, 1.82) is 0 Å². The highest BCUT2D eigenvalue weighted by molar-refractivity contribution is 7.89. The van der Waals surface area contributed by atoms with Crippen LogP contribution in [0, 0.1) is 13.8 Å². The maximum absolute atomic E-state index is 12.3. The monoisotopic (exact) mass is 376 g/mol. The van der Waals surface area contributed by atoms with Gasteiger partial charge in [0, 0.05) is 26.4 Å². The first kappa shape index (κ1) is 20.4. The lowest BCUT2D eigenvalue weighted by molar-refractivity contribution is 0.519. The van der Waals surface area contributed by atoms with Crippen LogP contribution < -0.4 is 5.56 Å². The first-order chi connectivity index (χ1) is 11.8. The molecule has 0 atom stereocenters. The Morgan fingerprint density at radius 2 is 1.58 bits per heavy atom. The van der Waals surface area contributed by atoms with E-state index in [1.807, 2.05) is 13.8 Å². The average Bonchev–Trinajstić information content (AvgIpc) is 2.50. The number of rotatable bonds is 4. The standard InChI is InChI=1S/C20H28N2O3S/c1-14-10-16(20(3,4)5)11-15(2)18(14)13-22-12-17(8-9-19(22)23)26(24,25)21(6)7/h8-12H,13H2,1-7H3. The summed E-state index contributed by atoms with van der Waals surface area (Å²) < 4.78 is 27.3. The van der Waals surface area contributed by atoms with Crippen LogP contribution in [0.4, 0.5) is 0 Å². The van der Waals surface area contributed by atoms with E-state index in [0.717, 1.165) is 21.0 Å². The molecule has 0 bridgehead atoms. The molecule has 0 spiro atoms. The zero-order valence-electron chi connectivity index (χ0n) is 16.6. The van der Waals surface area contributed by atoms with Gasteiger partial charge in [-0.1, -0.05) is 32.9 Å². The van der Waals surface area contributed by atoms with Crippen molar-refractivity contribution in [3.63, 3.8) is 0 Å². The van der Waals surface area contributed by atoms with E-state index in [2.05, 4.69) is 32.9 Å². The number of sulfonamides is 1. The van der Waals surface area contributed by atoms with E-state index in [1.165, 1.54) is 42.6 Å². The molecule has 1 heterocycles. The molecule has 0 unspecified atom stereocenters. The second-order valence-corrected chi connectivity index (χ2v) is 10.1. The van der Waals surface area contributed by atoms with Crippen LogP contribution in [0.5, 0.6) is 0 Å². The molecule has 142 valence electrons. The van der Waals surface area contributed by atoms with Crippen LogP contribution >= 0.6 is 0 Å². The summed E-state index contributed by atoms with van der Waals surface area (Å²) in [6, 6.07) is 6.96. The largest absolute Gasteiger partial charge is 0.310 e. The zero-order chi connectivity index (χ0) is 19.9. The van der Waals surface area contributed by atoms with E-state index in [-0.39, 0.29) is 15.9 Å². The van der Waals surface area contributed by atoms with Crippen LogP contribution in [-0.4, -0.2) is 31.4 Å². The van der Waals surface area contributed by atoms with Gasteiger partial charge in [0.25, 0.3) is 5.56 Å². The third kappa shape index (κ3) is 4.07. The predicted octanol–water partition coefficient (Wildman–Crippen LogP) is 3.06. The Morgan fingerprint density at radius 1 is 1.04 bits per heavy atom. The van der Waals surface area contributed by atoms with E-state index in [0.29, 0.717) is 6.54 Å². The van der Waals surface area contributed by atoms with E-state index in [1.54, 1.807) is 0 Å². The maximum atomic E-state index is 12.3. The van der Waals surface area contributed by atoms with Crippen molar-refractivity contribution in [2.45, 2.75) is 51.5 Å². The van der Waals surface area contributed by atoms with Gasteiger partial charge in [-0.15, -0.1) is 0 Å². The topological polar surface area (TPSA) is 59.4 Å². The van der Waals surface area contributed by atoms with Crippen molar-refractivity contribution in [1.82, 2.24) is 8.87 Å². The predicted molar refractivity (Wildman–Crippen MR) is 105 cm³/mol. The third-order valence-corrected chi connectivity index (χ3v) is 6.42. The minimum Gasteiger partial charge on any atom is -0.310 e. The molecule has 0 radical (unpaired) electrons. The van der Waals surface area contributed by atoms with Gasteiger partial charge in [-0.2, -0.15) is 0 Å². The second kappa shape index (κ2) is 7.00. The number of benzene rings is 1. The van der Waals surface area contributed by atoms with Gasteiger partial charge < -0.3 is 4.57 Å². The Labute approximate surface area is 156 Å². The summed E-state index contributed by atoms with van der Waals surface area (Å²) in [5.41, 5.74) is 4.31. The average molecular weight is 377 g/mol. The molecule has 0 amide bonds. The molecular weight excluding hydrogens is 348 g/mol. The third-order valence-electron chi connectivity index (χ3n) is 4.63. The Balaban J connectivity index is 2.52. The van der Waals surface area contributed by atoms with E-state index < -0.39 is 10.0 Å². The van der Waals surface area contributed by atoms with E-state index in [9.17, 15) is 13.2 Å². The summed E-state index contributed by atoms with van der Waals surface area (Å²) >= 11 is 0. The Hall–Kier alpha value is -1.92. The minimum absolute atomic E-state index is 0.0462. The van der Waals surface area contributed by atoms with Gasteiger partial charge >= 0.3 is 0 Å². The minimum atomic E-state index is -3.58. The first-order valence-corrected chi connectivity index (χ1v) is 10.0. The van der Waals surface area contributed by atoms with Crippen molar-refractivity contribution in [3.8, 4) is 0 Å². The quantitative estimate of drug-likeness (QED) is 0.824. The van der Waals surface area contributed by atoms with Gasteiger partial charge in [0.1, 0.15) is 0 Å². The van der Waals surface area contributed by atoms with Crippen molar-refractivity contribution in [2.24, 2.45) is 0 Å². The molecule has 0 fully saturated rings. The van der Waals surface area contributed by atoms with Gasteiger partial charge in [-0.3, -0.25) is 4.79 Å². The van der Waals surface area contributed by atoms with Crippen molar-refractivity contribution < 1.29 is 8.42 Å². The molecule has 0 aliphatic carbocycles. The van der Waals surface area contributed by atoms with Gasteiger partial charge in [0.05, 0.1) is 11.4 Å². The van der Waals surface area contributed by atoms with Gasteiger partial charge in [0.15, 0.2) is 0 Å². The van der Waals surface area contributed by atoms with Crippen LogP contribution in [-0.2, 0) is 22.0 Å². The summed E-state index contributed by atoms with van der Waals surface area (Å²) in [5, 5.41) is 0. The van der Waals surface area contributed by atoms with E-state index >= 15 is 0 Å². The zero-order valence-corrected chi connectivity index (χ0v) is 17.4. The highest BCUT2D eigenvalue weighted by atomic mass is 32.2. The molecule has 2 rings (SSSR count). The van der Waals surface area contributed by atoms with Crippen molar-refractivity contribution in [3.05, 3.63) is 63.1 Å².